The number of benzene rings is 2. The minimum Gasteiger partial charge on any atom is -0.340 e. The maximum atomic E-state index is 12.4. The van der Waals surface area contributed by atoms with Crippen LogP contribution in [0.25, 0.3) is 0 Å². The Morgan fingerprint density at radius 1 is 0.818 bits per heavy atom. The van der Waals surface area contributed by atoms with Crippen molar-refractivity contribution in [2.45, 2.75) is 13.8 Å². The van der Waals surface area contributed by atoms with Gasteiger partial charge in [-0.25, -0.2) is 15.0 Å². The van der Waals surface area contributed by atoms with Crippen molar-refractivity contribution in [3.8, 4) is 6.07 Å². The third-order valence-corrected chi connectivity index (χ3v) is 4.70. The summed E-state index contributed by atoms with van der Waals surface area (Å²) in [5.74, 6) is 2.34. The predicted octanol–water partition coefficient (Wildman–Crippen LogP) is 5.10. The third-order valence-electron chi connectivity index (χ3n) is 4.70. The van der Waals surface area contributed by atoms with Gasteiger partial charge in [0.05, 0.1) is 11.6 Å². The molecule has 0 radical (unpaired) electrons. The first-order chi connectivity index (χ1) is 16.0. The number of carbonyl (C=O) groups is 1. The van der Waals surface area contributed by atoms with Gasteiger partial charge in [-0.15, -0.1) is 0 Å². The van der Waals surface area contributed by atoms with Crippen LogP contribution in [0.3, 0.4) is 0 Å². The van der Waals surface area contributed by atoms with E-state index in [1.165, 1.54) is 0 Å². The summed E-state index contributed by atoms with van der Waals surface area (Å²) in [7, 11) is 0. The van der Waals surface area contributed by atoms with Gasteiger partial charge in [-0.05, 0) is 80.1 Å². The van der Waals surface area contributed by atoms with Gasteiger partial charge >= 0.3 is 0 Å². The Labute approximate surface area is 191 Å². The van der Waals surface area contributed by atoms with Crippen LogP contribution >= 0.6 is 0 Å². The number of pyridine rings is 1. The zero-order valence-electron chi connectivity index (χ0n) is 18.1. The smallest absolute Gasteiger partial charge is 0.255 e. The molecule has 8 nitrogen and oxygen atoms in total. The van der Waals surface area contributed by atoms with E-state index in [4.69, 9.17) is 5.26 Å². The van der Waals surface area contributed by atoms with Crippen molar-refractivity contribution >= 4 is 34.7 Å². The van der Waals surface area contributed by atoms with Gasteiger partial charge in [-0.3, -0.25) is 4.79 Å². The first-order valence-electron chi connectivity index (χ1n) is 10.2. The van der Waals surface area contributed by atoms with E-state index in [9.17, 15) is 4.79 Å². The second-order valence-corrected chi connectivity index (χ2v) is 7.37. The Morgan fingerprint density at radius 2 is 1.48 bits per heavy atom. The summed E-state index contributed by atoms with van der Waals surface area (Å²) >= 11 is 0. The molecule has 0 aliphatic rings. The Balaban J connectivity index is 1.42. The van der Waals surface area contributed by atoms with Crippen molar-refractivity contribution in [3.05, 3.63) is 95.4 Å². The molecule has 1 amide bonds. The molecule has 8 heteroatoms. The van der Waals surface area contributed by atoms with Crippen LogP contribution in [-0.4, -0.2) is 20.9 Å². The first-order valence-corrected chi connectivity index (χ1v) is 10.2. The topological polar surface area (TPSA) is 116 Å². The highest BCUT2D eigenvalue weighted by molar-refractivity contribution is 6.04. The lowest BCUT2D eigenvalue weighted by molar-refractivity contribution is 0.102. The number of nitrogens with zero attached hydrogens (tertiary/aromatic N) is 4. The van der Waals surface area contributed by atoms with E-state index in [0.29, 0.717) is 40.1 Å². The van der Waals surface area contributed by atoms with Crippen molar-refractivity contribution in [2.24, 2.45) is 0 Å². The molecule has 0 saturated heterocycles. The van der Waals surface area contributed by atoms with Crippen LogP contribution in [0, 0.1) is 25.2 Å². The number of carbonyl (C=O) groups excluding carboxylic acids is 1. The molecule has 0 bridgehead atoms. The minimum atomic E-state index is -0.243. The highest BCUT2D eigenvalue weighted by Gasteiger charge is 2.07. The van der Waals surface area contributed by atoms with E-state index >= 15 is 0 Å². The number of hydrogen-bond donors (Lipinski definition) is 3. The quantitative estimate of drug-likeness (QED) is 0.386. The summed E-state index contributed by atoms with van der Waals surface area (Å²) in [6, 6.07) is 21.5. The van der Waals surface area contributed by atoms with Crippen LogP contribution in [0.15, 0.2) is 72.9 Å². The summed E-state index contributed by atoms with van der Waals surface area (Å²) in [5.41, 5.74) is 3.56. The molecule has 2 aromatic heterocycles. The van der Waals surface area contributed by atoms with Gasteiger partial charge in [-0.2, -0.15) is 5.26 Å². The van der Waals surface area contributed by atoms with Gasteiger partial charge in [0.2, 0.25) is 0 Å². The Hall–Kier alpha value is -4.77. The molecular formula is C25H21N7O. The summed E-state index contributed by atoms with van der Waals surface area (Å²) in [6.07, 6.45) is 1.74. The summed E-state index contributed by atoms with van der Waals surface area (Å²) < 4.78 is 0. The lowest BCUT2D eigenvalue weighted by Crippen LogP contribution is -2.11. The zero-order chi connectivity index (χ0) is 23.2. The molecule has 0 unspecified atom stereocenters. The lowest BCUT2D eigenvalue weighted by atomic mass is 10.1. The Bertz CT molecular complexity index is 1330. The van der Waals surface area contributed by atoms with Crippen LogP contribution in [0.2, 0.25) is 0 Å². The molecule has 0 atom stereocenters. The third kappa shape index (κ3) is 5.68. The van der Waals surface area contributed by atoms with Crippen LogP contribution in [0.4, 0.5) is 28.8 Å². The number of hydrogen-bond acceptors (Lipinski definition) is 7. The van der Waals surface area contributed by atoms with Crippen molar-refractivity contribution in [1.82, 2.24) is 15.0 Å². The van der Waals surface area contributed by atoms with Crippen molar-refractivity contribution in [3.63, 3.8) is 0 Å². The molecule has 33 heavy (non-hydrogen) atoms. The monoisotopic (exact) mass is 435 g/mol. The van der Waals surface area contributed by atoms with Crippen molar-refractivity contribution < 1.29 is 4.79 Å². The van der Waals surface area contributed by atoms with Gasteiger partial charge in [-0.1, -0.05) is 0 Å². The normalized spacial score (nSPS) is 10.2. The molecular weight excluding hydrogens is 414 g/mol. The van der Waals surface area contributed by atoms with Gasteiger partial charge in [0.15, 0.2) is 0 Å². The van der Waals surface area contributed by atoms with E-state index in [0.717, 1.165) is 11.3 Å². The number of amides is 1. The van der Waals surface area contributed by atoms with Crippen LogP contribution in [0.1, 0.15) is 27.3 Å². The average Bonchev–Trinajstić information content (AvgIpc) is 2.80. The average molecular weight is 435 g/mol. The number of nitrogens with one attached hydrogen (secondary N) is 3. The number of nitriles is 1. The Morgan fingerprint density at radius 3 is 2.15 bits per heavy atom. The summed E-state index contributed by atoms with van der Waals surface area (Å²) in [5, 5.41) is 18.2. The highest BCUT2D eigenvalue weighted by atomic mass is 16.1. The second-order valence-electron chi connectivity index (χ2n) is 7.37. The van der Waals surface area contributed by atoms with E-state index in [1.807, 2.05) is 44.2 Å². The van der Waals surface area contributed by atoms with Gasteiger partial charge in [0, 0.05) is 29.2 Å². The maximum Gasteiger partial charge on any atom is 0.255 e. The van der Waals surface area contributed by atoms with Crippen molar-refractivity contribution in [2.75, 3.05) is 16.0 Å². The molecule has 0 aliphatic heterocycles. The van der Waals surface area contributed by atoms with E-state index in [-0.39, 0.29) is 5.91 Å². The fourth-order valence-electron chi connectivity index (χ4n) is 3.12. The molecule has 0 spiro atoms. The van der Waals surface area contributed by atoms with Crippen LogP contribution < -0.4 is 16.0 Å². The number of aryl methyl sites for hydroxylation is 2. The minimum absolute atomic E-state index is 0.243. The molecule has 162 valence electrons. The highest BCUT2D eigenvalue weighted by Crippen LogP contribution is 2.21. The van der Waals surface area contributed by atoms with Gasteiger partial charge in [0.1, 0.15) is 23.3 Å². The summed E-state index contributed by atoms with van der Waals surface area (Å²) in [6.45, 7) is 3.82. The molecule has 4 aromatic rings. The summed E-state index contributed by atoms with van der Waals surface area (Å²) in [4.78, 5) is 25.6. The molecule has 3 N–H and O–H groups in total. The SMILES string of the molecule is Cc1ccnc(Nc2cc(Nc3ccc(NC(=O)c4ccc(C#N)cc4)cc3)nc(C)n2)c1. The van der Waals surface area contributed by atoms with Gasteiger partial charge in [0.25, 0.3) is 5.91 Å². The number of rotatable bonds is 6. The number of anilines is 5. The molecule has 4 rings (SSSR count). The van der Waals surface area contributed by atoms with E-state index < -0.39 is 0 Å². The molecule has 0 fully saturated rings. The molecule has 0 aliphatic carbocycles. The van der Waals surface area contributed by atoms with E-state index in [2.05, 4.69) is 30.9 Å². The lowest BCUT2D eigenvalue weighted by Gasteiger charge is -2.11. The maximum absolute atomic E-state index is 12.4. The fraction of sp³-hybridized carbons (Fsp3) is 0.0800. The Kier molecular flexibility index (Phi) is 6.23. The van der Waals surface area contributed by atoms with Crippen LogP contribution in [-0.2, 0) is 0 Å². The second kappa shape index (κ2) is 9.58. The van der Waals surface area contributed by atoms with E-state index in [1.54, 1.807) is 48.7 Å². The van der Waals surface area contributed by atoms with Crippen LogP contribution in [0.5, 0.6) is 0 Å². The zero-order valence-corrected chi connectivity index (χ0v) is 18.1. The fourth-order valence-corrected chi connectivity index (χ4v) is 3.12. The molecule has 2 heterocycles. The molecule has 2 aromatic carbocycles. The molecule has 0 saturated carbocycles. The largest absolute Gasteiger partial charge is 0.340 e. The standard InChI is InChI=1S/C25H21N7O/c1-16-11-12-27-22(13-16)32-24-14-23(28-17(2)29-24)30-20-7-9-21(10-8-20)31-25(33)19-5-3-18(15-26)4-6-19/h3-14H,1-2H3,(H,31,33)(H2,27,28,29,30,32). The first kappa shape index (κ1) is 21.5. The van der Waals surface area contributed by atoms with Crippen molar-refractivity contribution in [1.29, 1.82) is 5.26 Å². The van der Waals surface area contributed by atoms with Gasteiger partial charge < -0.3 is 16.0 Å². The number of aromatic nitrogens is 3. The predicted molar refractivity (Wildman–Crippen MR) is 128 cm³/mol.